The number of benzene rings is 1. The summed E-state index contributed by atoms with van der Waals surface area (Å²) in [5.74, 6) is 0.492. The fourth-order valence-corrected chi connectivity index (χ4v) is 3.05. The van der Waals surface area contributed by atoms with Gasteiger partial charge in [-0.15, -0.1) is 24.0 Å². The highest BCUT2D eigenvalue weighted by Gasteiger charge is 2.23. The normalized spacial score (nSPS) is 18.0. The van der Waals surface area contributed by atoms with Crippen LogP contribution in [-0.4, -0.2) is 50.3 Å². The molecule has 3 N–H and O–H groups in total. The molecule has 0 radical (unpaired) electrons. The maximum atomic E-state index is 6.02. The van der Waals surface area contributed by atoms with Gasteiger partial charge >= 0.3 is 0 Å². The molecule has 1 heterocycles. The molecule has 1 aromatic rings. The first-order valence-electron chi connectivity index (χ1n) is 8.46. The molecule has 0 saturated carbocycles. The number of nitrogens with two attached hydrogens (primary N) is 1. The van der Waals surface area contributed by atoms with Crippen LogP contribution in [0.5, 0.6) is 0 Å². The molecule has 6 heteroatoms. The van der Waals surface area contributed by atoms with Gasteiger partial charge in [-0.3, -0.25) is 9.89 Å². The predicted octanol–water partition coefficient (Wildman–Crippen LogP) is 2.69. The van der Waals surface area contributed by atoms with Gasteiger partial charge < -0.3 is 15.8 Å². The number of aryl methyl sites for hydroxylation is 1. The van der Waals surface area contributed by atoms with Gasteiger partial charge in [-0.25, -0.2) is 0 Å². The summed E-state index contributed by atoms with van der Waals surface area (Å²) < 4.78 is 5.11. The highest BCUT2D eigenvalue weighted by molar-refractivity contribution is 14.0. The van der Waals surface area contributed by atoms with Crippen molar-refractivity contribution in [2.24, 2.45) is 10.7 Å². The van der Waals surface area contributed by atoms with E-state index in [0.29, 0.717) is 25.2 Å². The molecule has 0 aromatic heterocycles. The maximum absolute atomic E-state index is 6.02. The molecule has 1 aliphatic heterocycles. The Balaban J connectivity index is 0.00000288. The number of likely N-dealkylation sites (tertiary alicyclic amines) is 1. The second-order valence-corrected chi connectivity index (χ2v) is 6.40. The van der Waals surface area contributed by atoms with E-state index in [0.717, 1.165) is 13.1 Å². The average Bonchev–Trinajstić information content (AvgIpc) is 3.03. The second-order valence-electron chi connectivity index (χ2n) is 6.40. The minimum atomic E-state index is 0. The molecule has 2 unspecified atom stereocenters. The third kappa shape index (κ3) is 6.57. The predicted molar refractivity (Wildman–Crippen MR) is 111 cm³/mol. The molecule has 2 atom stereocenters. The van der Waals surface area contributed by atoms with Crippen LogP contribution in [0.4, 0.5) is 0 Å². The zero-order valence-electron chi connectivity index (χ0n) is 15.0. The average molecular weight is 446 g/mol. The Hall–Kier alpha value is -0.860. The van der Waals surface area contributed by atoms with E-state index in [9.17, 15) is 0 Å². The van der Waals surface area contributed by atoms with Crippen molar-refractivity contribution in [2.75, 3.05) is 33.4 Å². The van der Waals surface area contributed by atoms with E-state index in [-0.39, 0.29) is 30.0 Å². The molecular weight excluding hydrogens is 415 g/mol. The molecule has 0 spiro atoms. The van der Waals surface area contributed by atoms with Gasteiger partial charge in [0.15, 0.2) is 5.96 Å². The quantitative estimate of drug-likeness (QED) is 0.384. The summed E-state index contributed by atoms with van der Waals surface area (Å²) in [7, 11) is 1.69. The van der Waals surface area contributed by atoms with Crippen LogP contribution in [0.3, 0.4) is 0 Å². The number of guanidine groups is 1. The lowest BCUT2D eigenvalue weighted by molar-refractivity contribution is 0.179. The number of rotatable bonds is 7. The number of methoxy groups -OCH3 is 1. The van der Waals surface area contributed by atoms with E-state index in [1.54, 1.807) is 7.11 Å². The Bertz CT molecular complexity index is 500. The van der Waals surface area contributed by atoms with Crippen LogP contribution in [0.2, 0.25) is 0 Å². The smallest absolute Gasteiger partial charge is 0.188 e. The number of halogens is 1. The first-order chi connectivity index (χ1) is 11.1. The number of nitrogens with one attached hydrogen (secondary N) is 1. The lowest BCUT2D eigenvalue weighted by atomic mass is 10.0. The third-order valence-corrected chi connectivity index (χ3v) is 4.29. The minimum absolute atomic E-state index is 0. The Morgan fingerprint density at radius 2 is 1.92 bits per heavy atom. The maximum Gasteiger partial charge on any atom is 0.188 e. The summed E-state index contributed by atoms with van der Waals surface area (Å²) in [5, 5.41) is 3.17. The van der Waals surface area contributed by atoms with Crippen LogP contribution in [0.15, 0.2) is 29.3 Å². The minimum Gasteiger partial charge on any atom is -0.383 e. The Kier molecular flexibility index (Phi) is 9.61. The molecule has 0 bridgehead atoms. The summed E-state index contributed by atoms with van der Waals surface area (Å²) in [6.45, 7) is 7.73. The zero-order chi connectivity index (χ0) is 16.7. The summed E-state index contributed by atoms with van der Waals surface area (Å²) in [5.41, 5.74) is 8.62. The lowest BCUT2D eigenvalue weighted by Crippen LogP contribution is -2.41. The molecule has 24 heavy (non-hydrogen) atoms. The van der Waals surface area contributed by atoms with Gasteiger partial charge in [0, 0.05) is 13.2 Å². The molecule has 1 fully saturated rings. The van der Waals surface area contributed by atoms with Gasteiger partial charge in [-0.05, 0) is 45.3 Å². The van der Waals surface area contributed by atoms with Crippen molar-refractivity contribution in [1.29, 1.82) is 0 Å². The van der Waals surface area contributed by atoms with E-state index < -0.39 is 0 Å². The molecule has 136 valence electrons. The van der Waals surface area contributed by atoms with Crippen molar-refractivity contribution in [3.8, 4) is 0 Å². The zero-order valence-corrected chi connectivity index (χ0v) is 17.3. The first kappa shape index (κ1) is 21.2. The molecular formula is C18H31IN4O. The van der Waals surface area contributed by atoms with Crippen molar-refractivity contribution >= 4 is 29.9 Å². The number of aliphatic imine (C=N–C) groups is 1. The SMILES string of the molecule is COCC(C)NC(N)=NCC(c1ccc(C)cc1)N1CCCC1.I. The van der Waals surface area contributed by atoms with Gasteiger partial charge in [0.05, 0.1) is 19.2 Å². The van der Waals surface area contributed by atoms with Gasteiger partial charge in [-0.1, -0.05) is 29.8 Å². The van der Waals surface area contributed by atoms with Crippen molar-refractivity contribution in [3.05, 3.63) is 35.4 Å². The second kappa shape index (κ2) is 10.9. The van der Waals surface area contributed by atoms with E-state index >= 15 is 0 Å². The number of hydrogen-bond donors (Lipinski definition) is 2. The summed E-state index contributed by atoms with van der Waals surface area (Å²) in [6.07, 6.45) is 2.54. The largest absolute Gasteiger partial charge is 0.383 e. The number of hydrogen-bond acceptors (Lipinski definition) is 3. The van der Waals surface area contributed by atoms with Crippen LogP contribution in [0.1, 0.15) is 36.9 Å². The molecule has 1 saturated heterocycles. The fraction of sp³-hybridized carbons (Fsp3) is 0.611. The van der Waals surface area contributed by atoms with Crippen LogP contribution in [-0.2, 0) is 4.74 Å². The highest BCUT2D eigenvalue weighted by atomic mass is 127. The van der Waals surface area contributed by atoms with Crippen LogP contribution >= 0.6 is 24.0 Å². The van der Waals surface area contributed by atoms with Crippen molar-refractivity contribution < 1.29 is 4.74 Å². The molecule has 1 aliphatic rings. The van der Waals surface area contributed by atoms with Gasteiger partial charge in [-0.2, -0.15) is 0 Å². The van der Waals surface area contributed by atoms with E-state index in [4.69, 9.17) is 10.5 Å². The van der Waals surface area contributed by atoms with Gasteiger partial charge in [0.1, 0.15) is 0 Å². The van der Waals surface area contributed by atoms with E-state index in [2.05, 4.69) is 46.4 Å². The lowest BCUT2D eigenvalue weighted by Gasteiger charge is -2.27. The summed E-state index contributed by atoms with van der Waals surface area (Å²) >= 11 is 0. The number of ether oxygens (including phenoxy) is 1. The first-order valence-corrected chi connectivity index (χ1v) is 8.46. The molecule has 0 aliphatic carbocycles. The monoisotopic (exact) mass is 446 g/mol. The Morgan fingerprint density at radius 1 is 1.29 bits per heavy atom. The molecule has 0 amide bonds. The third-order valence-electron chi connectivity index (χ3n) is 4.29. The summed E-state index contributed by atoms with van der Waals surface area (Å²) in [4.78, 5) is 7.09. The van der Waals surface area contributed by atoms with E-state index in [1.165, 1.54) is 24.0 Å². The van der Waals surface area contributed by atoms with Gasteiger partial charge in [0.25, 0.3) is 0 Å². The Labute approximate surface area is 163 Å². The molecule has 5 nitrogen and oxygen atoms in total. The number of nitrogens with zero attached hydrogens (tertiary/aromatic N) is 2. The standard InChI is InChI=1S/C18H30N4O.HI/c1-14-6-8-16(9-7-14)17(22-10-4-5-11-22)12-20-18(19)21-15(2)13-23-3;/h6-9,15,17H,4-5,10-13H2,1-3H3,(H3,19,20,21);1H. The van der Waals surface area contributed by atoms with Crippen LogP contribution < -0.4 is 11.1 Å². The van der Waals surface area contributed by atoms with Crippen molar-refractivity contribution in [3.63, 3.8) is 0 Å². The van der Waals surface area contributed by atoms with Crippen molar-refractivity contribution in [1.82, 2.24) is 10.2 Å². The highest BCUT2D eigenvalue weighted by Crippen LogP contribution is 2.25. The Morgan fingerprint density at radius 3 is 2.50 bits per heavy atom. The van der Waals surface area contributed by atoms with Gasteiger partial charge in [0.2, 0.25) is 0 Å². The van der Waals surface area contributed by atoms with Crippen molar-refractivity contribution in [2.45, 2.75) is 38.8 Å². The van der Waals surface area contributed by atoms with Crippen LogP contribution in [0, 0.1) is 6.92 Å². The molecule has 2 rings (SSSR count). The fourth-order valence-electron chi connectivity index (χ4n) is 3.05. The van der Waals surface area contributed by atoms with Crippen LogP contribution in [0.25, 0.3) is 0 Å². The van der Waals surface area contributed by atoms with E-state index in [1.807, 2.05) is 6.92 Å². The molecule has 1 aromatic carbocycles. The topological polar surface area (TPSA) is 62.9 Å². The summed E-state index contributed by atoms with van der Waals surface area (Å²) in [6, 6.07) is 9.23.